The number of ether oxygens (including phenoxy) is 2. The lowest BCUT2D eigenvalue weighted by atomic mass is 9.97. The number of carboxylic acid groups (broad SMARTS) is 1. The maximum absolute atomic E-state index is 12.7. The van der Waals surface area contributed by atoms with E-state index in [1.54, 1.807) is 17.0 Å². The van der Waals surface area contributed by atoms with Gasteiger partial charge in [0.15, 0.2) is 11.5 Å². The summed E-state index contributed by atoms with van der Waals surface area (Å²) in [6.45, 7) is 3.10. The Morgan fingerprint density at radius 1 is 1.43 bits per heavy atom. The highest BCUT2D eigenvalue weighted by molar-refractivity contribution is 9.10. The highest BCUT2D eigenvalue weighted by Crippen LogP contribution is 2.37. The van der Waals surface area contributed by atoms with E-state index in [0.717, 1.165) is 0 Å². The average Bonchev–Trinajstić information content (AvgIpc) is 2.54. The van der Waals surface area contributed by atoms with E-state index >= 15 is 0 Å². The standard InChI is InChI=1S/C16H20BrNO5/c1-3-23-13-8-11(7-12(17)14(13)22-2)15(19)18-6-4-5-10(9-18)16(20)21/h7-8,10H,3-6,9H2,1-2H3,(H,20,21)/t10-/m1/s1. The molecule has 2 rings (SSSR count). The Balaban J connectivity index is 2.26. The molecule has 1 aromatic carbocycles. The van der Waals surface area contributed by atoms with Crippen LogP contribution in [0, 0.1) is 5.92 Å². The number of carboxylic acids is 1. The van der Waals surface area contributed by atoms with E-state index in [-0.39, 0.29) is 12.5 Å². The second-order valence-electron chi connectivity index (χ2n) is 5.35. The third kappa shape index (κ3) is 3.96. The molecule has 0 saturated carbocycles. The van der Waals surface area contributed by atoms with Crippen molar-refractivity contribution in [1.29, 1.82) is 0 Å². The number of likely N-dealkylation sites (tertiary alicyclic amines) is 1. The number of halogens is 1. The summed E-state index contributed by atoms with van der Waals surface area (Å²) in [5, 5.41) is 9.15. The Bertz CT molecular complexity index is 604. The molecule has 1 amide bonds. The van der Waals surface area contributed by atoms with Gasteiger partial charge in [-0.15, -0.1) is 0 Å². The van der Waals surface area contributed by atoms with E-state index < -0.39 is 11.9 Å². The smallest absolute Gasteiger partial charge is 0.308 e. The molecular weight excluding hydrogens is 366 g/mol. The number of methoxy groups -OCH3 is 1. The molecule has 0 bridgehead atoms. The molecule has 1 saturated heterocycles. The van der Waals surface area contributed by atoms with E-state index in [4.69, 9.17) is 14.6 Å². The van der Waals surface area contributed by atoms with Crippen LogP contribution < -0.4 is 9.47 Å². The Hall–Kier alpha value is -1.76. The predicted octanol–water partition coefficient (Wildman–Crippen LogP) is 2.79. The number of piperidine rings is 1. The molecule has 0 spiro atoms. The highest BCUT2D eigenvalue weighted by Gasteiger charge is 2.29. The maximum atomic E-state index is 12.7. The highest BCUT2D eigenvalue weighted by atomic mass is 79.9. The number of carbonyl (C=O) groups excluding carboxylic acids is 1. The van der Waals surface area contributed by atoms with Crippen LogP contribution in [0.1, 0.15) is 30.1 Å². The number of carbonyl (C=O) groups is 2. The first-order valence-electron chi connectivity index (χ1n) is 7.50. The van der Waals surface area contributed by atoms with Crippen LogP contribution in [0.3, 0.4) is 0 Å². The Kier molecular flexibility index (Phi) is 5.87. The van der Waals surface area contributed by atoms with Gasteiger partial charge in [0.1, 0.15) is 0 Å². The van der Waals surface area contributed by atoms with Crippen molar-refractivity contribution in [2.45, 2.75) is 19.8 Å². The van der Waals surface area contributed by atoms with Crippen LogP contribution in [0.5, 0.6) is 11.5 Å². The van der Waals surface area contributed by atoms with E-state index in [1.165, 1.54) is 7.11 Å². The first-order chi connectivity index (χ1) is 11.0. The third-order valence-corrected chi connectivity index (χ3v) is 4.41. The fourth-order valence-electron chi connectivity index (χ4n) is 2.70. The molecule has 0 aromatic heterocycles. The molecule has 0 aliphatic carbocycles. The lowest BCUT2D eigenvalue weighted by Crippen LogP contribution is -2.42. The molecule has 1 aliphatic rings. The molecule has 0 unspecified atom stereocenters. The van der Waals surface area contributed by atoms with Crippen LogP contribution >= 0.6 is 15.9 Å². The summed E-state index contributed by atoms with van der Waals surface area (Å²) in [4.78, 5) is 25.4. The number of aliphatic carboxylic acids is 1. The van der Waals surface area contributed by atoms with Crippen LogP contribution in [-0.4, -0.2) is 48.7 Å². The Labute approximate surface area is 143 Å². The SMILES string of the molecule is CCOc1cc(C(=O)N2CCC[C@@H](C(=O)O)C2)cc(Br)c1OC. The molecule has 6 nitrogen and oxygen atoms in total. The Morgan fingerprint density at radius 2 is 2.17 bits per heavy atom. The molecule has 23 heavy (non-hydrogen) atoms. The summed E-state index contributed by atoms with van der Waals surface area (Å²) in [7, 11) is 1.53. The predicted molar refractivity (Wildman–Crippen MR) is 88.1 cm³/mol. The average molecular weight is 386 g/mol. The monoisotopic (exact) mass is 385 g/mol. The second-order valence-corrected chi connectivity index (χ2v) is 6.21. The van der Waals surface area contributed by atoms with Crippen LogP contribution in [0.25, 0.3) is 0 Å². The number of amides is 1. The summed E-state index contributed by atoms with van der Waals surface area (Å²) < 4.78 is 11.4. The Morgan fingerprint density at radius 3 is 2.78 bits per heavy atom. The first-order valence-corrected chi connectivity index (χ1v) is 8.29. The fourth-order valence-corrected chi connectivity index (χ4v) is 3.30. The van der Waals surface area contributed by atoms with Gasteiger partial charge in [-0.2, -0.15) is 0 Å². The summed E-state index contributed by atoms with van der Waals surface area (Å²) >= 11 is 3.39. The molecular formula is C16H20BrNO5. The van der Waals surface area contributed by atoms with Gasteiger partial charge in [-0.25, -0.2) is 0 Å². The van der Waals surface area contributed by atoms with E-state index in [1.807, 2.05) is 6.92 Å². The quantitative estimate of drug-likeness (QED) is 0.842. The van der Waals surface area contributed by atoms with Crippen LogP contribution in [-0.2, 0) is 4.79 Å². The first kappa shape index (κ1) is 17.6. The van der Waals surface area contributed by atoms with Gasteiger partial charge in [-0.05, 0) is 47.8 Å². The second kappa shape index (κ2) is 7.68. The van der Waals surface area contributed by atoms with Crippen molar-refractivity contribution in [1.82, 2.24) is 4.90 Å². The zero-order valence-electron chi connectivity index (χ0n) is 13.2. The molecule has 1 N–H and O–H groups in total. The van der Waals surface area contributed by atoms with Crippen molar-refractivity contribution in [3.63, 3.8) is 0 Å². The summed E-state index contributed by atoms with van der Waals surface area (Å²) in [5.74, 6) is -0.528. The van der Waals surface area contributed by atoms with Crippen molar-refractivity contribution in [2.75, 3.05) is 26.8 Å². The molecule has 7 heteroatoms. The van der Waals surface area contributed by atoms with Gasteiger partial charge in [0.25, 0.3) is 5.91 Å². The van der Waals surface area contributed by atoms with Crippen LogP contribution in [0.4, 0.5) is 0 Å². The maximum Gasteiger partial charge on any atom is 0.308 e. The summed E-state index contributed by atoms with van der Waals surface area (Å²) in [5.41, 5.74) is 0.451. The van der Waals surface area contributed by atoms with Gasteiger partial charge in [0, 0.05) is 18.7 Å². The normalized spacial score (nSPS) is 17.7. The topological polar surface area (TPSA) is 76.1 Å². The zero-order valence-corrected chi connectivity index (χ0v) is 14.8. The van der Waals surface area contributed by atoms with Crippen molar-refractivity contribution in [3.05, 3.63) is 22.2 Å². The van der Waals surface area contributed by atoms with Crippen molar-refractivity contribution in [3.8, 4) is 11.5 Å². The van der Waals surface area contributed by atoms with Gasteiger partial charge in [-0.1, -0.05) is 0 Å². The van der Waals surface area contributed by atoms with E-state index in [2.05, 4.69) is 15.9 Å². The number of nitrogens with zero attached hydrogens (tertiary/aromatic N) is 1. The minimum atomic E-state index is -0.853. The number of hydrogen-bond donors (Lipinski definition) is 1. The minimum Gasteiger partial charge on any atom is -0.492 e. The number of rotatable bonds is 5. The van der Waals surface area contributed by atoms with Gasteiger partial charge in [-0.3, -0.25) is 9.59 Å². The molecule has 1 atom stereocenters. The molecule has 1 fully saturated rings. The summed E-state index contributed by atoms with van der Waals surface area (Å²) in [6.07, 6.45) is 1.30. The van der Waals surface area contributed by atoms with Crippen molar-refractivity contribution < 1.29 is 24.2 Å². The van der Waals surface area contributed by atoms with Crippen LogP contribution in [0.15, 0.2) is 16.6 Å². The lowest BCUT2D eigenvalue weighted by molar-refractivity contribution is -0.143. The summed E-state index contributed by atoms with van der Waals surface area (Å²) in [6, 6.07) is 3.31. The largest absolute Gasteiger partial charge is 0.492 e. The molecule has 1 aliphatic heterocycles. The van der Waals surface area contributed by atoms with Gasteiger partial charge < -0.3 is 19.5 Å². The van der Waals surface area contributed by atoms with E-state index in [9.17, 15) is 9.59 Å². The molecule has 126 valence electrons. The third-order valence-electron chi connectivity index (χ3n) is 3.82. The van der Waals surface area contributed by atoms with Crippen LogP contribution in [0.2, 0.25) is 0 Å². The minimum absolute atomic E-state index is 0.194. The molecule has 0 radical (unpaired) electrons. The van der Waals surface area contributed by atoms with Gasteiger partial charge in [0.05, 0.1) is 24.1 Å². The van der Waals surface area contributed by atoms with Gasteiger partial charge in [0.2, 0.25) is 0 Å². The molecule has 1 heterocycles. The lowest BCUT2D eigenvalue weighted by Gasteiger charge is -2.31. The van der Waals surface area contributed by atoms with Crippen molar-refractivity contribution in [2.24, 2.45) is 5.92 Å². The number of hydrogen-bond acceptors (Lipinski definition) is 4. The fraction of sp³-hybridized carbons (Fsp3) is 0.500. The number of benzene rings is 1. The molecule has 1 aromatic rings. The van der Waals surface area contributed by atoms with Gasteiger partial charge >= 0.3 is 5.97 Å². The zero-order chi connectivity index (χ0) is 17.0. The van der Waals surface area contributed by atoms with E-state index in [0.29, 0.717) is 47.5 Å². The van der Waals surface area contributed by atoms with Crippen molar-refractivity contribution >= 4 is 27.8 Å².